The minimum atomic E-state index is -0.262. The van der Waals surface area contributed by atoms with Gasteiger partial charge in [-0.05, 0) is 37.1 Å². The maximum absolute atomic E-state index is 14.1. The Labute approximate surface area is 121 Å². The molecule has 1 unspecified atom stereocenters. The zero-order valence-electron chi connectivity index (χ0n) is 11.2. The van der Waals surface area contributed by atoms with Gasteiger partial charge in [-0.2, -0.15) is 0 Å². The van der Waals surface area contributed by atoms with Gasteiger partial charge in [-0.15, -0.1) is 0 Å². The molecule has 1 nitrogen and oxygen atoms in total. The Kier molecular flexibility index (Phi) is 4.25. The first-order chi connectivity index (χ1) is 9.04. The van der Waals surface area contributed by atoms with Gasteiger partial charge in [0.1, 0.15) is 11.6 Å². The van der Waals surface area contributed by atoms with Crippen LogP contribution in [0, 0.1) is 19.7 Å². The molecule has 0 N–H and O–H groups in total. The zero-order chi connectivity index (χ0) is 14.0. The highest BCUT2D eigenvalue weighted by molar-refractivity contribution is 9.09. The van der Waals surface area contributed by atoms with Gasteiger partial charge in [0, 0.05) is 5.56 Å². The van der Waals surface area contributed by atoms with E-state index < -0.39 is 0 Å². The van der Waals surface area contributed by atoms with Gasteiger partial charge < -0.3 is 4.74 Å². The van der Waals surface area contributed by atoms with Gasteiger partial charge in [0.2, 0.25) is 0 Å². The molecule has 2 aromatic carbocycles. The molecule has 0 aliphatic rings. The molecule has 0 fully saturated rings. The third kappa shape index (κ3) is 2.81. The minimum Gasteiger partial charge on any atom is -0.496 e. The van der Waals surface area contributed by atoms with E-state index in [1.54, 1.807) is 19.2 Å². The molecule has 0 bridgehead atoms. The van der Waals surface area contributed by atoms with E-state index >= 15 is 0 Å². The van der Waals surface area contributed by atoms with Crippen molar-refractivity contribution in [2.75, 3.05) is 7.11 Å². The van der Waals surface area contributed by atoms with Crippen LogP contribution in [0.25, 0.3) is 0 Å². The summed E-state index contributed by atoms with van der Waals surface area (Å²) in [5.41, 5.74) is 3.88. The van der Waals surface area contributed by atoms with Crippen LogP contribution in [0.1, 0.15) is 27.1 Å². The van der Waals surface area contributed by atoms with Crippen LogP contribution in [0.4, 0.5) is 4.39 Å². The average Bonchev–Trinajstić information content (AvgIpc) is 2.40. The highest BCUT2D eigenvalue weighted by Crippen LogP contribution is 2.39. The van der Waals surface area contributed by atoms with Crippen LogP contribution < -0.4 is 4.74 Å². The number of hydrogen-bond donors (Lipinski definition) is 0. The highest BCUT2D eigenvalue weighted by atomic mass is 79.9. The topological polar surface area (TPSA) is 9.23 Å². The van der Waals surface area contributed by atoms with Crippen molar-refractivity contribution >= 4 is 15.9 Å². The van der Waals surface area contributed by atoms with Gasteiger partial charge in [-0.25, -0.2) is 4.39 Å². The highest BCUT2D eigenvalue weighted by Gasteiger charge is 2.21. The summed E-state index contributed by atoms with van der Waals surface area (Å²) in [5, 5.41) is 0. The molecular formula is C16H16BrFO. The summed E-state index contributed by atoms with van der Waals surface area (Å²) < 4.78 is 19.4. The summed E-state index contributed by atoms with van der Waals surface area (Å²) in [6, 6.07) is 11.1. The number of rotatable bonds is 3. The predicted molar refractivity (Wildman–Crippen MR) is 79.6 cm³/mol. The fourth-order valence-corrected chi connectivity index (χ4v) is 3.07. The quantitative estimate of drug-likeness (QED) is 0.727. The van der Waals surface area contributed by atoms with Gasteiger partial charge in [-0.1, -0.05) is 45.8 Å². The lowest BCUT2D eigenvalue weighted by atomic mass is 9.97. The lowest BCUT2D eigenvalue weighted by molar-refractivity contribution is 0.405. The Bertz CT molecular complexity index is 595. The van der Waals surface area contributed by atoms with Crippen molar-refractivity contribution in [3.8, 4) is 5.75 Å². The van der Waals surface area contributed by atoms with E-state index in [2.05, 4.69) is 28.1 Å². The molecular weight excluding hydrogens is 307 g/mol. The molecule has 0 heterocycles. The summed E-state index contributed by atoms with van der Waals surface area (Å²) in [6.07, 6.45) is 0. The van der Waals surface area contributed by atoms with E-state index in [9.17, 15) is 4.39 Å². The predicted octanol–water partition coefficient (Wildman–Crippen LogP) is 4.94. The average molecular weight is 323 g/mol. The van der Waals surface area contributed by atoms with Crippen LogP contribution in [-0.4, -0.2) is 7.11 Å². The normalized spacial score (nSPS) is 12.3. The van der Waals surface area contributed by atoms with Gasteiger partial charge >= 0.3 is 0 Å². The fourth-order valence-electron chi connectivity index (χ4n) is 2.13. The molecule has 0 aromatic heterocycles. The summed E-state index contributed by atoms with van der Waals surface area (Å²) in [5.74, 6) is 0.296. The number of alkyl halides is 1. The molecule has 100 valence electrons. The molecule has 19 heavy (non-hydrogen) atoms. The third-order valence-electron chi connectivity index (χ3n) is 3.19. The molecule has 0 aliphatic heterocycles. The van der Waals surface area contributed by atoms with Crippen molar-refractivity contribution in [2.24, 2.45) is 0 Å². The Morgan fingerprint density at radius 1 is 1.16 bits per heavy atom. The Morgan fingerprint density at radius 3 is 2.58 bits per heavy atom. The zero-order valence-corrected chi connectivity index (χ0v) is 12.8. The van der Waals surface area contributed by atoms with E-state index in [0.717, 1.165) is 16.7 Å². The first-order valence-corrected chi connectivity index (χ1v) is 6.99. The van der Waals surface area contributed by atoms with Gasteiger partial charge in [0.05, 0.1) is 11.9 Å². The molecule has 1 atom stereocenters. The second kappa shape index (κ2) is 5.74. The molecule has 0 saturated heterocycles. The summed E-state index contributed by atoms with van der Waals surface area (Å²) in [4.78, 5) is -0.219. The maximum Gasteiger partial charge on any atom is 0.131 e. The number of hydrogen-bond acceptors (Lipinski definition) is 1. The van der Waals surface area contributed by atoms with Crippen molar-refractivity contribution < 1.29 is 9.13 Å². The Morgan fingerprint density at radius 2 is 1.89 bits per heavy atom. The molecule has 0 spiro atoms. The van der Waals surface area contributed by atoms with E-state index in [0.29, 0.717) is 11.3 Å². The van der Waals surface area contributed by atoms with Crippen LogP contribution in [0.2, 0.25) is 0 Å². The third-order valence-corrected chi connectivity index (χ3v) is 4.15. The number of halogens is 2. The monoisotopic (exact) mass is 322 g/mol. The van der Waals surface area contributed by atoms with Crippen molar-refractivity contribution in [1.29, 1.82) is 0 Å². The maximum atomic E-state index is 14.1. The standard InChI is InChI=1S/C16H16BrFO/c1-10-7-8-11(2)12(9-10)16(17)15-13(18)5-4-6-14(15)19-3/h4-9,16H,1-3H3. The molecule has 2 rings (SSSR count). The first kappa shape index (κ1) is 14.1. The first-order valence-electron chi connectivity index (χ1n) is 6.08. The lowest BCUT2D eigenvalue weighted by Crippen LogP contribution is -2.02. The number of ether oxygens (including phenoxy) is 1. The van der Waals surface area contributed by atoms with Gasteiger partial charge in [0.15, 0.2) is 0 Å². The van der Waals surface area contributed by atoms with E-state index in [1.807, 2.05) is 19.9 Å². The summed E-state index contributed by atoms with van der Waals surface area (Å²) >= 11 is 3.60. The van der Waals surface area contributed by atoms with Crippen molar-refractivity contribution in [2.45, 2.75) is 18.7 Å². The minimum absolute atomic E-state index is 0.219. The largest absolute Gasteiger partial charge is 0.496 e. The lowest BCUT2D eigenvalue weighted by Gasteiger charge is -2.18. The van der Waals surface area contributed by atoms with E-state index in [1.165, 1.54) is 6.07 Å². The van der Waals surface area contributed by atoms with E-state index in [-0.39, 0.29) is 10.6 Å². The smallest absolute Gasteiger partial charge is 0.131 e. The SMILES string of the molecule is COc1cccc(F)c1C(Br)c1cc(C)ccc1C. The van der Waals surface area contributed by atoms with Crippen LogP contribution >= 0.6 is 15.9 Å². The molecule has 0 aliphatic carbocycles. The second-order valence-electron chi connectivity index (χ2n) is 4.58. The van der Waals surface area contributed by atoms with Crippen LogP contribution in [0.15, 0.2) is 36.4 Å². The van der Waals surface area contributed by atoms with E-state index in [4.69, 9.17) is 4.74 Å². The van der Waals surface area contributed by atoms with Crippen molar-refractivity contribution in [3.05, 3.63) is 64.5 Å². The molecule has 0 radical (unpaired) electrons. The fraction of sp³-hybridized carbons (Fsp3) is 0.250. The molecule has 0 saturated carbocycles. The van der Waals surface area contributed by atoms with Gasteiger partial charge in [-0.3, -0.25) is 0 Å². The van der Waals surface area contributed by atoms with Crippen molar-refractivity contribution in [1.82, 2.24) is 0 Å². The summed E-state index contributed by atoms with van der Waals surface area (Å²) in [7, 11) is 1.56. The van der Waals surface area contributed by atoms with Crippen LogP contribution in [0.3, 0.4) is 0 Å². The Balaban J connectivity index is 2.55. The van der Waals surface area contributed by atoms with Crippen LogP contribution in [-0.2, 0) is 0 Å². The molecule has 3 heteroatoms. The Hall–Kier alpha value is -1.35. The number of benzene rings is 2. The molecule has 0 amide bonds. The number of aryl methyl sites for hydroxylation is 2. The van der Waals surface area contributed by atoms with Crippen LogP contribution in [0.5, 0.6) is 5.75 Å². The molecule has 2 aromatic rings. The second-order valence-corrected chi connectivity index (χ2v) is 5.49. The van der Waals surface area contributed by atoms with Gasteiger partial charge in [0.25, 0.3) is 0 Å². The van der Waals surface area contributed by atoms with Crippen molar-refractivity contribution in [3.63, 3.8) is 0 Å². The summed E-state index contributed by atoms with van der Waals surface area (Å²) in [6.45, 7) is 4.05. The number of methoxy groups -OCH3 is 1.